The second-order valence-corrected chi connectivity index (χ2v) is 8.88. The molecule has 1 aliphatic carbocycles. The van der Waals surface area contributed by atoms with Gasteiger partial charge in [0.15, 0.2) is 5.15 Å². The highest BCUT2D eigenvalue weighted by Gasteiger charge is 2.27. The highest BCUT2D eigenvalue weighted by Crippen LogP contribution is 2.30. The molecule has 1 atom stereocenters. The molecule has 166 valence electrons. The highest BCUT2D eigenvalue weighted by atomic mass is 35.5. The van der Waals surface area contributed by atoms with E-state index in [1.165, 1.54) is 6.42 Å². The Morgan fingerprint density at radius 1 is 0.939 bits per heavy atom. The molecule has 2 heterocycles. The normalized spacial score (nSPS) is 15.3. The van der Waals surface area contributed by atoms with Gasteiger partial charge in [0.05, 0.1) is 17.3 Å². The molecule has 33 heavy (non-hydrogen) atoms. The van der Waals surface area contributed by atoms with Crippen molar-refractivity contribution in [1.82, 2.24) is 20.3 Å². The summed E-state index contributed by atoms with van der Waals surface area (Å²) >= 11 is 6.42. The molecule has 0 aliphatic heterocycles. The fourth-order valence-corrected chi connectivity index (χ4v) is 4.76. The van der Waals surface area contributed by atoms with E-state index in [0.29, 0.717) is 5.69 Å². The zero-order chi connectivity index (χ0) is 22.6. The van der Waals surface area contributed by atoms with E-state index in [0.717, 1.165) is 53.4 Å². The molecule has 1 unspecified atom stereocenters. The van der Waals surface area contributed by atoms with Gasteiger partial charge in [0.2, 0.25) is 5.91 Å². The summed E-state index contributed by atoms with van der Waals surface area (Å²) in [7, 11) is 0. The molecular weight excluding hydrogens is 432 g/mol. The third kappa shape index (κ3) is 4.74. The molecule has 6 heteroatoms. The predicted molar refractivity (Wildman–Crippen MR) is 131 cm³/mol. The lowest BCUT2D eigenvalue weighted by atomic mass is 9.88. The number of hydrogen-bond acceptors (Lipinski definition) is 4. The van der Waals surface area contributed by atoms with Crippen LogP contribution in [0.25, 0.3) is 22.2 Å². The van der Waals surface area contributed by atoms with Gasteiger partial charge in [-0.25, -0.2) is 9.97 Å². The molecule has 5 nitrogen and oxygen atoms in total. The average Bonchev–Trinajstić information content (AvgIpc) is 2.88. The number of benzene rings is 2. The number of nitrogens with one attached hydrogen (secondary N) is 1. The van der Waals surface area contributed by atoms with Crippen LogP contribution in [0.15, 0.2) is 73.1 Å². The molecule has 1 amide bonds. The largest absolute Gasteiger partial charge is 0.343 e. The fourth-order valence-electron chi connectivity index (χ4n) is 4.54. The average molecular weight is 457 g/mol. The smallest absolute Gasteiger partial charge is 0.223 e. The fraction of sp³-hybridized carbons (Fsp3) is 0.259. The van der Waals surface area contributed by atoms with E-state index in [-0.39, 0.29) is 17.0 Å². The SMILES string of the molecule is O=C(NC(c1ccc2ccc(-c3ccccc3)nc2c1)c1nccnc1Cl)C1CCCCC1. The number of carbonyl (C=O) groups excluding carboxylic acids is 1. The van der Waals surface area contributed by atoms with Crippen LogP contribution in [-0.4, -0.2) is 20.9 Å². The third-order valence-electron chi connectivity index (χ3n) is 6.33. The molecule has 0 bridgehead atoms. The van der Waals surface area contributed by atoms with Crippen molar-refractivity contribution in [2.45, 2.75) is 38.1 Å². The van der Waals surface area contributed by atoms with Crippen LogP contribution in [0.2, 0.25) is 5.15 Å². The van der Waals surface area contributed by atoms with Gasteiger partial charge < -0.3 is 5.32 Å². The van der Waals surface area contributed by atoms with Crippen molar-refractivity contribution < 1.29 is 4.79 Å². The maximum absolute atomic E-state index is 13.2. The molecule has 1 N–H and O–H groups in total. The molecule has 0 radical (unpaired) electrons. The number of hydrogen-bond donors (Lipinski definition) is 1. The van der Waals surface area contributed by atoms with Gasteiger partial charge >= 0.3 is 0 Å². The molecule has 4 aromatic rings. The lowest BCUT2D eigenvalue weighted by molar-refractivity contribution is -0.126. The summed E-state index contributed by atoms with van der Waals surface area (Å²) in [6.07, 6.45) is 8.39. The number of nitrogens with zero attached hydrogens (tertiary/aromatic N) is 3. The number of halogens is 1. The molecule has 1 aliphatic rings. The summed E-state index contributed by atoms with van der Waals surface area (Å²) in [5.41, 5.74) is 4.24. The Kier molecular flexibility index (Phi) is 6.31. The van der Waals surface area contributed by atoms with Crippen LogP contribution in [0.5, 0.6) is 0 Å². The predicted octanol–water partition coefficient (Wildman–Crippen LogP) is 6.13. The first-order valence-corrected chi connectivity index (χ1v) is 11.8. The second-order valence-electron chi connectivity index (χ2n) is 8.52. The zero-order valence-electron chi connectivity index (χ0n) is 18.2. The summed E-state index contributed by atoms with van der Waals surface area (Å²) in [5.74, 6) is 0.0764. The summed E-state index contributed by atoms with van der Waals surface area (Å²) in [4.78, 5) is 26.7. The van der Waals surface area contributed by atoms with Crippen molar-refractivity contribution in [3.8, 4) is 11.3 Å². The minimum absolute atomic E-state index is 0.0277. The number of rotatable bonds is 5. The van der Waals surface area contributed by atoms with Gasteiger partial charge in [-0.1, -0.05) is 79.4 Å². The first kappa shape index (κ1) is 21.5. The summed E-state index contributed by atoms with van der Waals surface area (Å²) in [5, 5.41) is 4.54. The second kappa shape index (κ2) is 9.67. The molecule has 2 aromatic carbocycles. The van der Waals surface area contributed by atoms with Crippen molar-refractivity contribution in [3.05, 3.63) is 89.5 Å². The van der Waals surface area contributed by atoms with E-state index in [4.69, 9.17) is 16.6 Å². The van der Waals surface area contributed by atoms with Gasteiger partial charge in [-0.05, 0) is 30.5 Å². The van der Waals surface area contributed by atoms with E-state index in [9.17, 15) is 4.79 Å². The van der Waals surface area contributed by atoms with Crippen LogP contribution >= 0.6 is 11.6 Å². The monoisotopic (exact) mass is 456 g/mol. The minimum Gasteiger partial charge on any atom is -0.343 e. The molecule has 5 rings (SSSR count). The maximum Gasteiger partial charge on any atom is 0.223 e. The first-order chi connectivity index (χ1) is 16.2. The van der Waals surface area contributed by atoms with Crippen LogP contribution in [-0.2, 0) is 4.79 Å². The van der Waals surface area contributed by atoms with Crippen molar-refractivity contribution in [2.75, 3.05) is 0 Å². The number of carbonyl (C=O) groups is 1. The Balaban J connectivity index is 1.54. The van der Waals surface area contributed by atoms with E-state index in [1.807, 2.05) is 54.6 Å². The topological polar surface area (TPSA) is 67.8 Å². The van der Waals surface area contributed by atoms with Crippen LogP contribution < -0.4 is 5.32 Å². The zero-order valence-corrected chi connectivity index (χ0v) is 19.0. The maximum atomic E-state index is 13.2. The van der Waals surface area contributed by atoms with Crippen LogP contribution in [0.3, 0.4) is 0 Å². The Morgan fingerprint density at radius 3 is 2.48 bits per heavy atom. The summed E-state index contributed by atoms with van der Waals surface area (Å²) in [6.45, 7) is 0. The molecule has 1 saturated carbocycles. The van der Waals surface area contributed by atoms with E-state index in [2.05, 4.69) is 21.4 Å². The summed E-state index contributed by atoms with van der Waals surface area (Å²) in [6, 6.07) is 19.7. The summed E-state index contributed by atoms with van der Waals surface area (Å²) < 4.78 is 0. The minimum atomic E-state index is -0.493. The molecule has 2 aromatic heterocycles. The molecule has 0 saturated heterocycles. The molecular formula is C27H25ClN4O. The van der Waals surface area contributed by atoms with E-state index in [1.54, 1.807) is 12.4 Å². The van der Waals surface area contributed by atoms with Crippen molar-refractivity contribution in [2.24, 2.45) is 5.92 Å². The first-order valence-electron chi connectivity index (χ1n) is 11.4. The van der Waals surface area contributed by atoms with Gasteiger partial charge in [0, 0.05) is 29.3 Å². The van der Waals surface area contributed by atoms with Gasteiger partial charge in [0.1, 0.15) is 5.69 Å². The number of fused-ring (bicyclic) bond motifs is 1. The van der Waals surface area contributed by atoms with Gasteiger partial charge in [0.25, 0.3) is 0 Å². The van der Waals surface area contributed by atoms with Gasteiger partial charge in [-0.3, -0.25) is 9.78 Å². The lowest BCUT2D eigenvalue weighted by Gasteiger charge is -2.25. The standard InChI is InChI=1S/C27H25ClN4O/c28-26-25(29-15-16-30-26)24(32-27(33)20-9-5-2-6-10-20)21-12-11-19-13-14-22(31-23(19)17-21)18-7-3-1-4-8-18/h1,3-4,7-8,11-17,20,24H,2,5-6,9-10H2,(H,32,33). The van der Waals surface area contributed by atoms with E-state index < -0.39 is 6.04 Å². The quantitative estimate of drug-likeness (QED) is 0.392. The van der Waals surface area contributed by atoms with Crippen LogP contribution in [0.4, 0.5) is 0 Å². The molecule has 1 fully saturated rings. The number of aromatic nitrogens is 3. The lowest BCUT2D eigenvalue weighted by Crippen LogP contribution is -2.36. The van der Waals surface area contributed by atoms with Gasteiger partial charge in [-0.15, -0.1) is 0 Å². The van der Waals surface area contributed by atoms with Crippen LogP contribution in [0.1, 0.15) is 49.4 Å². The van der Waals surface area contributed by atoms with Crippen molar-refractivity contribution in [1.29, 1.82) is 0 Å². The third-order valence-corrected chi connectivity index (χ3v) is 6.63. The Hall–Kier alpha value is -3.31. The molecule has 0 spiro atoms. The Labute approximate surface area is 198 Å². The van der Waals surface area contributed by atoms with Crippen molar-refractivity contribution in [3.63, 3.8) is 0 Å². The Morgan fingerprint density at radius 2 is 1.70 bits per heavy atom. The van der Waals surface area contributed by atoms with Gasteiger partial charge in [-0.2, -0.15) is 0 Å². The number of amides is 1. The number of pyridine rings is 1. The Bertz CT molecular complexity index is 1270. The van der Waals surface area contributed by atoms with Crippen LogP contribution in [0, 0.1) is 5.92 Å². The van der Waals surface area contributed by atoms with Crippen molar-refractivity contribution >= 4 is 28.4 Å². The van der Waals surface area contributed by atoms with E-state index >= 15 is 0 Å². The highest BCUT2D eigenvalue weighted by molar-refractivity contribution is 6.30.